The van der Waals surface area contributed by atoms with E-state index in [4.69, 9.17) is 17.3 Å². The number of nitrogens with one attached hydrogen (secondary N) is 1. The van der Waals surface area contributed by atoms with Crippen molar-refractivity contribution in [2.24, 2.45) is 5.92 Å². The van der Waals surface area contributed by atoms with Gasteiger partial charge in [0.15, 0.2) is 0 Å². The van der Waals surface area contributed by atoms with Gasteiger partial charge in [-0.25, -0.2) is 9.97 Å². The minimum Gasteiger partial charge on any atom is -0.398 e. The summed E-state index contributed by atoms with van der Waals surface area (Å²) in [6.07, 6.45) is 2.53. The normalized spacial score (nSPS) is 19.7. The first-order valence-corrected chi connectivity index (χ1v) is 7.53. The highest BCUT2D eigenvalue weighted by Gasteiger charge is 2.45. The van der Waals surface area contributed by atoms with E-state index < -0.39 is 0 Å². The van der Waals surface area contributed by atoms with Crippen LogP contribution in [-0.4, -0.2) is 15.9 Å². The molecule has 1 aliphatic carbocycles. The van der Waals surface area contributed by atoms with Crippen LogP contribution in [0.3, 0.4) is 0 Å². The molecule has 5 nitrogen and oxygen atoms in total. The zero-order valence-electron chi connectivity index (χ0n) is 12.2. The number of anilines is 1. The van der Waals surface area contributed by atoms with Gasteiger partial charge in [0, 0.05) is 41.0 Å². The van der Waals surface area contributed by atoms with Crippen LogP contribution in [0.5, 0.6) is 0 Å². The molecule has 1 heterocycles. The lowest BCUT2D eigenvalue weighted by Gasteiger charge is -2.08. The standard InChI is InChI=1S/C16H17ClN4O/c1-9-4-5-19-15(21-9)12-7-13(12)16(22)20-8-10-2-3-11(17)6-14(10)18/h2-6,12-13H,7-8,18H2,1H3,(H,20,22). The molecule has 0 radical (unpaired) electrons. The molecule has 3 rings (SSSR count). The summed E-state index contributed by atoms with van der Waals surface area (Å²) in [6.45, 7) is 2.33. The molecule has 1 aromatic heterocycles. The molecule has 3 N–H and O–H groups in total. The van der Waals surface area contributed by atoms with Gasteiger partial charge in [-0.2, -0.15) is 0 Å². The van der Waals surface area contributed by atoms with Gasteiger partial charge >= 0.3 is 0 Å². The van der Waals surface area contributed by atoms with Crippen molar-refractivity contribution in [2.45, 2.75) is 25.8 Å². The third-order valence-electron chi connectivity index (χ3n) is 3.83. The lowest BCUT2D eigenvalue weighted by molar-refractivity contribution is -0.122. The Morgan fingerprint density at radius 3 is 3.00 bits per heavy atom. The van der Waals surface area contributed by atoms with Crippen LogP contribution >= 0.6 is 11.6 Å². The smallest absolute Gasteiger partial charge is 0.224 e. The molecule has 0 bridgehead atoms. The van der Waals surface area contributed by atoms with Crippen LogP contribution in [0.2, 0.25) is 5.02 Å². The Balaban J connectivity index is 1.58. The van der Waals surface area contributed by atoms with Crippen LogP contribution in [0, 0.1) is 12.8 Å². The zero-order chi connectivity index (χ0) is 15.7. The summed E-state index contributed by atoms with van der Waals surface area (Å²) in [5, 5.41) is 3.51. The minimum absolute atomic E-state index is 0.0180. The first-order chi connectivity index (χ1) is 10.5. The Morgan fingerprint density at radius 2 is 2.27 bits per heavy atom. The SMILES string of the molecule is Cc1ccnc(C2CC2C(=O)NCc2ccc(Cl)cc2N)n1. The summed E-state index contributed by atoms with van der Waals surface area (Å²) in [6, 6.07) is 7.12. The number of nitrogen functional groups attached to an aromatic ring is 1. The van der Waals surface area contributed by atoms with Crippen molar-refractivity contribution >= 4 is 23.2 Å². The number of carbonyl (C=O) groups is 1. The highest BCUT2D eigenvalue weighted by molar-refractivity contribution is 6.30. The van der Waals surface area contributed by atoms with E-state index in [1.807, 2.05) is 19.1 Å². The molecule has 1 saturated carbocycles. The second kappa shape index (κ2) is 5.93. The third kappa shape index (κ3) is 3.20. The molecule has 0 aliphatic heterocycles. The highest BCUT2D eigenvalue weighted by Crippen LogP contribution is 2.46. The number of hydrogen-bond donors (Lipinski definition) is 2. The fourth-order valence-electron chi connectivity index (χ4n) is 2.46. The number of aryl methyl sites for hydroxylation is 1. The number of halogens is 1. The first kappa shape index (κ1) is 14.8. The van der Waals surface area contributed by atoms with Gasteiger partial charge in [-0.3, -0.25) is 4.79 Å². The van der Waals surface area contributed by atoms with E-state index in [-0.39, 0.29) is 17.7 Å². The molecule has 0 saturated heterocycles. The molecule has 1 aliphatic rings. The molecule has 0 spiro atoms. The molecule has 1 fully saturated rings. The fraction of sp³-hybridized carbons (Fsp3) is 0.312. The Kier molecular flexibility index (Phi) is 3.98. The van der Waals surface area contributed by atoms with Crippen molar-refractivity contribution in [3.05, 3.63) is 52.6 Å². The molecule has 6 heteroatoms. The maximum absolute atomic E-state index is 12.2. The van der Waals surface area contributed by atoms with Crippen LogP contribution < -0.4 is 11.1 Å². The highest BCUT2D eigenvalue weighted by atomic mass is 35.5. The summed E-state index contributed by atoms with van der Waals surface area (Å²) in [7, 11) is 0. The van der Waals surface area contributed by atoms with Crippen LogP contribution in [0.25, 0.3) is 0 Å². The predicted octanol–water partition coefficient (Wildman–Crippen LogP) is 2.44. The van der Waals surface area contributed by atoms with Crippen molar-refractivity contribution in [2.75, 3.05) is 5.73 Å². The lowest BCUT2D eigenvalue weighted by Crippen LogP contribution is -2.25. The Bertz CT molecular complexity index is 719. The number of amides is 1. The van der Waals surface area contributed by atoms with Crippen LogP contribution in [0.1, 0.15) is 29.4 Å². The summed E-state index contributed by atoms with van der Waals surface area (Å²) < 4.78 is 0. The quantitative estimate of drug-likeness (QED) is 0.849. The minimum atomic E-state index is -0.0460. The average molecular weight is 317 g/mol. The number of rotatable bonds is 4. The summed E-state index contributed by atoms with van der Waals surface area (Å²) in [4.78, 5) is 20.8. The third-order valence-corrected chi connectivity index (χ3v) is 4.07. The predicted molar refractivity (Wildman–Crippen MR) is 85.3 cm³/mol. The second-order valence-corrected chi connectivity index (χ2v) is 6.00. The molecule has 22 heavy (non-hydrogen) atoms. The lowest BCUT2D eigenvalue weighted by atomic mass is 10.2. The largest absolute Gasteiger partial charge is 0.398 e. The van der Waals surface area contributed by atoms with Gasteiger partial charge in [0.25, 0.3) is 0 Å². The van der Waals surface area contributed by atoms with E-state index in [0.717, 1.165) is 23.5 Å². The van der Waals surface area contributed by atoms with Crippen molar-refractivity contribution in [1.29, 1.82) is 0 Å². The van der Waals surface area contributed by atoms with Crippen LogP contribution in [0.15, 0.2) is 30.5 Å². The molecular formula is C16H17ClN4O. The summed E-state index contributed by atoms with van der Waals surface area (Å²) >= 11 is 5.86. The Morgan fingerprint density at radius 1 is 1.45 bits per heavy atom. The topological polar surface area (TPSA) is 80.9 Å². The van der Waals surface area contributed by atoms with Crippen LogP contribution in [0.4, 0.5) is 5.69 Å². The number of carbonyl (C=O) groups excluding carboxylic acids is 1. The zero-order valence-corrected chi connectivity index (χ0v) is 13.0. The van der Waals surface area contributed by atoms with Gasteiger partial charge in [-0.05, 0) is 37.1 Å². The van der Waals surface area contributed by atoms with E-state index in [0.29, 0.717) is 17.3 Å². The first-order valence-electron chi connectivity index (χ1n) is 7.16. The molecule has 2 aromatic rings. The van der Waals surface area contributed by atoms with Gasteiger partial charge in [-0.1, -0.05) is 17.7 Å². The van der Waals surface area contributed by atoms with Gasteiger partial charge in [0.05, 0.1) is 0 Å². The van der Waals surface area contributed by atoms with E-state index in [1.165, 1.54) is 0 Å². The maximum Gasteiger partial charge on any atom is 0.224 e. The number of hydrogen-bond acceptors (Lipinski definition) is 4. The van der Waals surface area contributed by atoms with Crippen molar-refractivity contribution < 1.29 is 4.79 Å². The van der Waals surface area contributed by atoms with Gasteiger partial charge < -0.3 is 11.1 Å². The monoisotopic (exact) mass is 316 g/mol. The van der Waals surface area contributed by atoms with Gasteiger partial charge in [0.1, 0.15) is 5.82 Å². The van der Waals surface area contributed by atoms with Gasteiger partial charge in [-0.15, -0.1) is 0 Å². The molecule has 2 unspecified atom stereocenters. The van der Waals surface area contributed by atoms with E-state index >= 15 is 0 Å². The molecular weight excluding hydrogens is 300 g/mol. The second-order valence-electron chi connectivity index (χ2n) is 5.57. The van der Waals surface area contributed by atoms with Crippen LogP contribution in [-0.2, 0) is 11.3 Å². The molecule has 114 valence electrons. The van der Waals surface area contributed by atoms with E-state index in [2.05, 4.69) is 15.3 Å². The number of nitrogens with two attached hydrogens (primary N) is 1. The Labute approximate surface area is 133 Å². The van der Waals surface area contributed by atoms with E-state index in [1.54, 1.807) is 18.3 Å². The van der Waals surface area contributed by atoms with E-state index in [9.17, 15) is 4.79 Å². The Hall–Kier alpha value is -2.14. The van der Waals surface area contributed by atoms with Gasteiger partial charge in [0.2, 0.25) is 5.91 Å². The number of nitrogens with zero attached hydrogens (tertiary/aromatic N) is 2. The van der Waals surface area contributed by atoms with Crippen molar-refractivity contribution in [3.8, 4) is 0 Å². The molecule has 1 amide bonds. The summed E-state index contributed by atoms with van der Waals surface area (Å²) in [5.41, 5.74) is 8.25. The average Bonchev–Trinajstić information content (AvgIpc) is 3.26. The molecule has 1 aromatic carbocycles. The summed E-state index contributed by atoms with van der Waals surface area (Å²) in [5.74, 6) is 0.855. The maximum atomic E-state index is 12.2. The van der Waals surface area contributed by atoms with Crippen molar-refractivity contribution in [3.63, 3.8) is 0 Å². The molecule has 2 atom stereocenters. The van der Waals surface area contributed by atoms with Crippen molar-refractivity contribution in [1.82, 2.24) is 15.3 Å². The fourth-order valence-corrected chi connectivity index (χ4v) is 2.64. The number of aromatic nitrogens is 2. The number of benzene rings is 1.